The van der Waals surface area contributed by atoms with Crippen LogP contribution in [0.2, 0.25) is 0 Å². The number of carbonyl (C=O) groups is 1. The summed E-state index contributed by atoms with van der Waals surface area (Å²) in [7, 11) is 1.64. The van der Waals surface area contributed by atoms with Crippen LogP contribution in [0, 0.1) is 6.92 Å². The predicted molar refractivity (Wildman–Crippen MR) is 127 cm³/mol. The molecule has 0 spiro atoms. The van der Waals surface area contributed by atoms with Crippen molar-refractivity contribution in [2.24, 2.45) is 0 Å². The highest BCUT2D eigenvalue weighted by atomic mass is 16.5. The normalized spacial score (nSPS) is 11.0. The molecule has 0 bridgehead atoms. The Kier molecular flexibility index (Phi) is 5.72. The molecule has 0 unspecified atom stereocenters. The first-order valence-corrected chi connectivity index (χ1v) is 10.4. The van der Waals surface area contributed by atoms with E-state index >= 15 is 0 Å². The van der Waals surface area contributed by atoms with Crippen molar-refractivity contribution in [3.63, 3.8) is 0 Å². The molecule has 0 radical (unpaired) electrons. The van der Waals surface area contributed by atoms with Crippen molar-refractivity contribution in [1.29, 1.82) is 0 Å². The summed E-state index contributed by atoms with van der Waals surface area (Å²) in [5.74, 6) is 0.951. The zero-order valence-corrected chi connectivity index (χ0v) is 18.3. The number of methoxy groups -OCH3 is 1. The fourth-order valence-electron chi connectivity index (χ4n) is 3.80. The Balaban J connectivity index is 1.80. The number of hydrogen-bond acceptors (Lipinski definition) is 3. The summed E-state index contributed by atoms with van der Waals surface area (Å²) >= 11 is 0. The summed E-state index contributed by atoms with van der Waals surface area (Å²) in [6, 6.07) is 23.4. The first-order chi connectivity index (χ1) is 15.0. The van der Waals surface area contributed by atoms with Crippen LogP contribution >= 0.6 is 0 Å². The third kappa shape index (κ3) is 4.15. The SMILES string of the molecule is COc1ccc(-c2cc(C(=O)Nc3c(C)cccc3C(C)C)c3ccccc3n2)cc1. The van der Waals surface area contributed by atoms with Crippen molar-refractivity contribution in [3.8, 4) is 17.0 Å². The number of amides is 1. The van der Waals surface area contributed by atoms with Crippen LogP contribution < -0.4 is 10.1 Å². The number of pyridine rings is 1. The van der Waals surface area contributed by atoms with Gasteiger partial charge in [-0.25, -0.2) is 4.98 Å². The van der Waals surface area contributed by atoms with E-state index < -0.39 is 0 Å². The van der Waals surface area contributed by atoms with Crippen LogP contribution in [0.1, 0.15) is 41.3 Å². The summed E-state index contributed by atoms with van der Waals surface area (Å²) in [5.41, 5.74) is 6.13. The van der Waals surface area contributed by atoms with E-state index in [-0.39, 0.29) is 5.91 Å². The molecule has 0 aliphatic carbocycles. The van der Waals surface area contributed by atoms with Gasteiger partial charge >= 0.3 is 0 Å². The standard InChI is InChI=1S/C27H26N2O2/c1-17(2)21-10-7-8-18(3)26(21)29-27(30)23-16-25(19-12-14-20(31-4)15-13-19)28-24-11-6-5-9-22(23)24/h5-17H,1-4H3,(H,29,30). The second kappa shape index (κ2) is 8.60. The van der Waals surface area contributed by atoms with Crippen LogP contribution in [0.3, 0.4) is 0 Å². The van der Waals surface area contributed by atoms with Gasteiger partial charge in [-0.2, -0.15) is 0 Å². The molecule has 0 atom stereocenters. The van der Waals surface area contributed by atoms with Crippen LogP contribution in [0.5, 0.6) is 5.75 Å². The third-order valence-electron chi connectivity index (χ3n) is 5.51. The maximum absolute atomic E-state index is 13.5. The van der Waals surface area contributed by atoms with E-state index in [1.807, 2.05) is 73.7 Å². The summed E-state index contributed by atoms with van der Waals surface area (Å²) < 4.78 is 5.26. The fourth-order valence-corrected chi connectivity index (χ4v) is 3.80. The highest BCUT2D eigenvalue weighted by Gasteiger charge is 2.17. The maximum Gasteiger partial charge on any atom is 0.256 e. The summed E-state index contributed by atoms with van der Waals surface area (Å²) in [6.45, 7) is 6.29. The molecule has 0 aliphatic heterocycles. The van der Waals surface area contributed by atoms with E-state index in [1.54, 1.807) is 7.11 Å². The van der Waals surface area contributed by atoms with E-state index in [0.717, 1.165) is 44.7 Å². The molecule has 0 fully saturated rings. The number of aromatic nitrogens is 1. The number of nitrogens with zero attached hydrogens (tertiary/aromatic N) is 1. The zero-order valence-electron chi connectivity index (χ0n) is 18.3. The quantitative estimate of drug-likeness (QED) is 0.403. The Hall–Kier alpha value is -3.66. The lowest BCUT2D eigenvalue weighted by Gasteiger charge is -2.17. The van der Waals surface area contributed by atoms with Crippen molar-refractivity contribution in [3.05, 3.63) is 89.5 Å². The van der Waals surface area contributed by atoms with Crippen molar-refractivity contribution >= 4 is 22.5 Å². The first kappa shape index (κ1) is 20.6. The number of benzene rings is 3. The average Bonchev–Trinajstić information content (AvgIpc) is 2.79. The first-order valence-electron chi connectivity index (χ1n) is 10.4. The summed E-state index contributed by atoms with van der Waals surface area (Å²) in [6.07, 6.45) is 0. The van der Waals surface area contributed by atoms with Gasteiger partial charge in [0.05, 0.1) is 23.9 Å². The highest BCUT2D eigenvalue weighted by molar-refractivity contribution is 6.13. The molecule has 1 amide bonds. The molecule has 4 heteroatoms. The van der Waals surface area contributed by atoms with E-state index in [0.29, 0.717) is 11.5 Å². The van der Waals surface area contributed by atoms with Crippen molar-refractivity contribution < 1.29 is 9.53 Å². The van der Waals surface area contributed by atoms with Gasteiger partial charge in [-0.1, -0.05) is 50.2 Å². The van der Waals surface area contributed by atoms with Crippen LogP contribution in [-0.4, -0.2) is 18.0 Å². The Morgan fingerprint density at radius 1 is 0.968 bits per heavy atom. The summed E-state index contributed by atoms with van der Waals surface area (Å²) in [5, 5.41) is 4.01. The lowest BCUT2D eigenvalue weighted by Crippen LogP contribution is -2.15. The molecule has 1 aromatic heterocycles. The Bertz CT molecular complexity index is 1240. The fraction of sp³-hybridized carbons (Fsp3) is 0.185. The number of nitrogens with one attached hydrogen (secondary N) is 1. The third-order valence-corrected chi connectivity index (χ3v) is 5.51. The van der Waals surface area contributed by atoms with E-state index in [9.17, 15) is 4.79 Å². The molecule has 1 heterocycles. The van der Waals surface area contributed by atoms with Crippen LogP contribution in [0.4, 0.5) is 5.69 Å². The number of fused-ring (bicyclic) bond motifs is 1. The number of carbonyl (C=O) groups excluding carboxylic acids is 1. The molecule has 0 aliphatic rings. The molecule has 156 valence electrons. The number of anilines is 1. The second-order valence-corrected chi connectivity index (χ2v) is 7.95. The lowest BCUT2D eigenvalue weighted by molar-refractivity contribution is 0.102. The maximum atomic E-state index is 13.5. The minimum absolute atomic E-state index is 0.135. The Morgan fingerprint density at radius 3 is 2.42 bits per heavy atom. The van der Waals surface area contributed by atoms with Crippen LogP contribution in [0.15, 0.2) is 72.8 Å². The predicted octanol–water partition coefficient (Wildman–Crippen LogP) is 6.59. The largest absolute Gasteiger partial charge is 0.497 e. The van der Waals surface area contributed by atoms with Crippen LogP contribution in [-0.2, 0) is 0 Å². The van der Waals surface area contributed by atoms with E-state index in [2.05, 4.69) is 25.2 Å². The number of para-hydroxylation sites is 2. The number of ether oxygens (including phenoxy) is 1. The Morgan fingerprint density at radius 2 is 1.71 bits per heavy atom. The van der Waals surface area contributed by atoms with Crippen molar-refractivity contribution in [2.75, 3.05) is 12.4 Å². The minimum atomic E-state index is -0.135. The summed E-state index contributed by atoms with van der Waals surface area (Å²) in [4.78, 5) is 18.3. The Labute approximate surface area is 182 Å². The van der Waals surface area contributed by atoms with Gasteiger partial charge in [-0.3, -0.25) is 4.79 Å². The van der Waals surface area contributed by atoms with Crippen molar-refractivity contribution in [2.45, 2.75) is 26.7 Å². The molecular weight excluding hydrogens is 384 g/mol. The number of hydrogen-bond donors (Lipinski definition) is 1. The van der Waals surface area contributed by atoms with Gasteiger partial charge in [0.2, 0.25) is 0 Å². The molecular formula is C27H26N2O2. The van der Waals surface area contributed by atoms with E-state index in [1.165, 1.54) is 0 Å². The second-order valence-electron chi connectivity index (χ2n) is 7.95. The molecule has 0 saturated carbocycles. The van der Waals surface area contributed by atoms with Gasteiger partial charge in [0.25, 0.3) is 5.91 Å². The number of aryl methyl sites for hydroxylation is 1. The molecule has 1 N–H and O–H groups in total. The van der Waals surface area contributed by atoms with E-state index in [4.69, 9.17) is 9.72 Å². The van der Waals surface area contributed by atoms with Crippen molar-refractivity contribution in [1.82, 2.24) is 4.98 Å². The van der Waals surface area contributed by atoms with Crippen LogP contribution in [0.25, 0.3) is 22.2 Å². The number of rotatable bonds is 5. The van der Waals surface area contributed by atoms with Gasteiger partial charge in [0.1, 0.15) is 5.75 Å². The highest BCUT2D eigenvalue weighted by Crippen LogP contribution is 2.30. The average molecular weight is 411 g/mol. The van der Waals surface area contributed by atoms with Gasteiger partial charge in [-0.05, 0) is 60.4 Å². The zero-order chi connectivity index (χ0) is 22.0. The molecule has 31 heavy (non-hydrogen) atoms. The molecule has 0 saturated heterocycles. The van der Waals surface area contributed by atoms with Gasteiger partial charge in [-0.15, -0.1) is 0 Å². The minimum Gasteiger partial charge on any atom is -0.497 e. The monoisotopic (exact) mass is 410 g/mol. The molecule has 4 nitrogen and oxygen atoms in total. The molecule has 4 aromatic rings. The topological polar surface area (TPSA) is 51.2 Å². The molecule has 3 aromatic carbocycles. The van der Waals surface area contributed by atoms with Gasteiger partial charge in [0.15, 0.2) is 0 Å². The smallest absolute Gasteiger partial charge is 0.256 e. The van der Waals surface area contributed by atoms with Gasteiger partial charge in [0, 0.05) is 16.6 Å². The van der Waals surface area contributed by atoms with Gasteiger partial charge < -0.3 is 10.1 Å². The lowest BCUT2D eigenvalue weighted by atomic mass is 9.97. The molecule has 4 rings (SSSR count).